The topological polar surface area (TPSA) is 126 Å². The first-order valence-electron chi connectivity index (χ1n) is 11.3. The van der Waals surface area contributed by atoms with Gasteiger partial charge >= 0.3 is 5.97 Å². The summed E-state index contributed by atoms with van der Waals surface area (Å²) in [7, 11) is 1.56. The average Bonchev–Trinajstić information content (AvgIpc) is 3.34. The third-order valence-corrected chi connectivity index (χ3v) is 5.60. The monoisotopic (exact) mass is 473 g/mol. The molecule has 0 saturated heterocycles. The first kappa shape index (κ1) is 23.9. The molecule has 3 aromatic heterocycles. The molecule has 180 valence electrons. The molecule has 0 amide bonds. The van der Waals surface area contributed by atoms with Crippen LogP contribution >= 0.6 is 0 Å². The molecule has 9 heteroatoms. The Balaban J connectivity index is 1.62. The van der Waals surface area contributed by atoms with Crippen LogP contribution < -0.4 is 10.5 Å². The highest BCUT2D eigenvalue weighted by Crippen LogP contribution is 2.33. The lowest BCUT2D eigenvalue weighted by Gasteiger charge is -2.15. The van der Waals surface area contributed by atoms with Crippen molar-refractivity contribution in [1.82, 2.24) is 20.3 Å². The molecular formula is C26H27N5O4. The predicted octanol–water partition coefficient (Wildman–Crippen LogP) is 4.75. The molecule has 0 fully saturated rings. The Hall–Kier alpha value is -4.27. The van der Waals surface area contributed by atoms with E-state index in [0.29, 0.717) is 35.5 Å². The summed E-state index contributed by atoms with van der Waals surface area (Å²) in [4.78, 5) is 16.6. The lowest BCUT2D eigenvalue weighted by molar-refractivity contribution is -0.146. The lowest BCUT2D eigenvalue weighted by Crippen LogP contribution is -2.20. The minimum absolute atomic E-state index is 0.00651. The fraction of sp³-hybridized carbons (Fsp3) is 0.269. The molecule has 0 bridgehead atoms. The summed E-state index contributed by atoms with van der Waals surface area (Å²) in [6.45, 7) is 5.98. The summed E-state index contributed by atoms with van der Waals surface area (Å²) < 4.78 is 16.1. The highest BCUT2D eigenvalue weighted by Gasteiger charge is 2.29. The molecule has 35 heavy (non-hydrogen) atoms. The van der Waals surface area contributed by atoms with E-state index in [2.05, 4.69) is 20.3 Å². The Morgan fingerprint density at radius 1 is 1.03 bits per heavy atom. The number of hydrogen-bond acceptors (Lipinski definition) is 9. The van der Waals surface area contributed by atoms with Crippen molar-refractivity contribution in [3.8, 4) is 39.5 Å². The van der Waals surface area contributed by atoms with Gasteiger partial charge in [0.05, 0.1) is 25.0 Å². The van der Waals surface area contributed by atoms with E-state index in [1.54, 1.807) is 26.3 Å². The van der Waals surface area contributed by atoms with E-state index in [1.807, 2.05) is 56.3 Å². The van der Waals surface area contributed by atoms with Gasteiger partial charge in [0.1, 0.15) is 11.6 Å². The normalized spacial score (nSPS) is 11.9. The van der Waals surface area contributed by atoms with Crippen LogP contribution in [0.4, 0.5) is 5.82 Å². The van der Waals surface area contributed by atoms with E-state index in [1.165, 1.54) is 0 Å². The first-order chi connectivity index (χ1) is 16.9. The van der Waals surface area contributed by atoms with Crippen LogP contribution in [0.3, 0.4) is 0 Å². The van der Waals surface area contributed by atoms with Crippen LogP contribution in [0.2, 0.25) is 0 Å². The number of nitrogens with zero attached hydrogens (tertiary/aromatic N) is 4. The molecule has 0 spiro atoms. The molecule has 1 atom stereocenters. The second-order valence-electron chi connectivity index (χ2n) is 8.25. The van der Waals surface area contributed by atoms with Crippen LogP contribution in [0.15, 0.2) is 59.3 Å². The number of nitrogen functional groups attached to an aromatic ring is 1. The number of carbonyl (C=O) groups is 1. The maximum atomic E-state index is 12.4. The Morgan fingerprint density at radius 2 is 1.77 bits per heavy atom. The third-order valence-electron chi connectivity index (χ3n) is 5.60. The molecule has 1 aromatic carbocycles. The Kier molecular flexibility index (Phi) is 7.05. The first-order valence-corrected chi connectivity index (χ1v) is 11.3. The summed E-state index contributed by atoms with van der Waals surface area (Å²) in [5.74, 6) is 0.421. The predicted molar refractivity (Wildman–Crippen MR) is 131 cm³/mol. The maximum Gasteiger partial charge on any atom is 0.317 e. The lowest BCUT2D eigenvalue weighted by atomic mass is 9.93. The summed E-state index contributed by atoms with van der Waals surface area (Å²) in [6, 6.07) is 15.0. The summed E-state index contributed by atoms with van der Waals surface area (Å²) >= 11 is 0. The van der Waals surface area contributed by atoms with Crippen LogP contribution in [-0.2, 0) is 9.53 Å². The van der Waals surface area contributed by atoms with Crippen molar-refractivity contribution in [1.29, 1.82) is 0 Å². The van der Waals surface area contributed by atoms with Gasteiger partial charge in [0.25, 0.3) is 0 Å². The number of anilines is 1. The number of benzene rings is 1. The summed E-state index contributed by atoms with van der Waals surface area (Å²) in [5, 5.41) is 12.5. The van der Waals surface area contributed by atoms with Gasteiger partial charge in [-0.15, -0.1) is 10.2 Å². The highest BCUT2D eigenvalue weighted by atomic mass is 16.5. The fourth-order valence-electron chi connectivity index (χ4n) is 3.85. The molecule has 0 aliphatic carbocycles. The molecule has 1 unspecified atom stereocenters. The molecule has 4 rings (SSSR count). The molecule has 0 aliphatic heterocycles. The van der Waals surface area contributed by atoms with E-state index >= 15 is 0 Å². The maximum absolute atomic E-state index is 12.4. The van der Waals surface area contributed by atoms with Crippen LogP contribution in [0.5, 0.6) is 5.88 Å². The Labute approximate surface area is 203 Å². The number of rotatable bonds is 8. The van der Waals surface area contributed by atoms with Gasteiger partial charge in [-0.3, -0.25) is 4.79 Å². The van der Waals surface area contributed by atoms with Crippen LogP contribution in [0.25, 0.3) is 33.6 Å². The zero-order valence-corrected chi connectivity index (χ0v) is 20.1. The summed E-state index contributed by atoms with van der Waals surface area (Å²) in [5.41, 5.74) is 10.5. The summed E-state index contributed by atoms with van der Waals surface area (Å²) in [6.07, 6.45) is 1.65. The fourth-order valence-corrected chi connectivity index (χ4v) is 3.85. The van der Waals surface area contributed by atoms with E-state index in [4.69, 9.17) is 19.7 Å². The van der Waals surface area contributed by atoms with Gasteiger partial charge in [0.2, 0.25) is 5.88 Å². The molecule has 0 saturated carbocycles. The van der Waals surface area contributed by atoms with Gasteiger partial charge in [-0.2, -0.15) is 0 Å². The number of ether oxygens (including phenoxy) is 2. The molecule has 4 aromatic rings. The largest absolute Gasteiger partial charge is 0.481 e. The molecule has 2 N–H and O–H groups in total. The second-order valence-corrected chi connectivity index (χ2v) is 8.25. The standard InChI is InChI=1S/C26H27N5O4/c1-5-34-26(32)23(15(2)3)22-14-20(31-35-22)17-10-8-16(9-11-17)19-13-21(29-30-24(19)27)18-7-6-12-28-25(18)33-4/h6-15,23H,5H2,1-4H3,(H2,27,30). The van der Waals surface area contributed by atoms with Gasteiger partial charge in [-0.05, 0) is 36.6 Å². The van der Waals surface area contributed by atoms with Crippen molar-refractivity contribution in [2.45, 2.75) is 26.7 Å². The van der Waals surface area contributed by atoms with Gasteiger partial charge in [0.15, 0.2) is 11.6 Å². The minimum atomic E-state index is -0.513. The van der Waals surface area contributed by atoms with Crippen molar-refractivity contribution in [3.63, 3.8) is 0 Å². The zero-order chi connectivity index (χ0) is 24.9. The van der Waals surface area contributed by atoms with Crippen molar-refractivity contribution in [2.75, 3.05) is 19.5 Å². The Bertz CT molecular complexity index is 1320. The van der Waals surface area contributed by atoms with Crippen molar-refractivity contribution in [3.05, 3.63) is 60.5 Å². The van der Waals surface area contributed by atoms with E-state index in [-0.39, 0.29) is 11.9 Å². The minimum Gasteiger partial charge on any atom is -0.481 e. The number of hydrogen-bond donors (Lipinski definition) is 1. The van der Waals surface area contributed by atoms with Crippen molar-refractivity contribution >= 4 is 11.8 Å². The van der Waals surface area contributed by atoms with Gasteiger partial charge in [-0.25, -0.2) is 4.98 Å². The van der Waals surface area contributed by atoms with Crippen molar-refractivity contribution in [2.24, 2.45) is 5.92 Å². The van der Waals surface area contributed by atoms with Gasteiger partial charge in [-0.1, -0.05) is 43.3 Å². The Morgan fingerprint density at radius 3 is 2.46 bits per heavy atom. The van der Waals surface area contributed by atoms with Crippen LogP contribution in [-0.4, -0.2) is 40.0 Å². The van der Waals surface area contributed by atoms with E-state index in [0.717, 1.165) is 22.3 Å². The van der Waals surface area contributed by atoms with E-state index < -0.39 is 5.92 Å². The smallest absolute Gasteiger partial charge is 0.317 e. The third kappa shape index (κ3) is 4.98. The number of pyridine rings is 1. The van der Waals surface area contributed by atoms with Gasteiger partial charge in [0, 0.05) is 23.4 Å². The van der Waals surface area contributed by atoms with Gasteiger partial charge < -0.3 is 19.7 Å². The number of methoxy groups -OCH3 is 1. The number of esters is 1. The van der Waals surface area contributed by atoms with Crippen molar-refractivity contribution < 1.29 is 18.8 Å². The molecule has 9 nitrogen and oxygen atoms in total. The van der Waals surface area contributed by atoms with E-state index in [9.17, 15) is 4.79 Å². The number of nitrogens with two attached hydrogens (primary N) is 1. The quantitative estimate of drug-likeness (QED) is 0.361. The molecular weight excluding hydrogens is 446 g/mol. The molecule has 0 radical (unpaired) electrons. The average molecular weight is 474 g/mol. The van der Waals surface area contributed by atoms with Crippen LogP contribution in [0.1, 0.15) is 32.4 Å². The number of carbonyl (C=O) groups excluding carboxylic acids is 1. The zero-order valence-electron chi connectivity index (χ0n) is 20.1. The highest BCUT2D eigenvalue weighted by molar-refractivity contribution is 5.80. The molecule has 0 aliphatic rings. The molecule has 3 heterocycles. The second kappa shape index (κ2) is 10.3. The SMILES string of the molecule is CCOC(=O)C(c1cc(-c2ccc(-c3cc(-c4cccnc4OC)nnc3N)cc2)no1)C(C)C. The van der Waals surface area contributed by atoms with Crippen LogP contribution in [0, 0.1) is 5.92 Å². The number of aromatic nitrogens is 4.